The smallest absolute Gasteiger partial charge is 0.261 e. The zero-order valence-corrected chi connectivity index (χ0v) is 17.9. The van der Waals surface area contributed by atoms with Crippen LogP contribution in [-0.2, 0) is 4.79 Å². The van der Waals surface area contributed by atoms with E-state index in [4.69, 9.17) is 0 Å². The summed E-state index contributed by atoms with van der Waals surface area (Å²) in [5, 5.41) is 11.4. The number of hydrogen-bond acceptors (Lipinski definition) is 4. The highest BCUT2D eigenvalue weighted by atomic mass is 16.2. The zero-order chi connectivity index (χ0) is 22.2. The van der Waals surface area contributed by atoms with Crippen LogP contribution in [0.3, 0.4) is 0 Å². The van der Waals surface area contributed by atoms with Gasteiger partial charge in [0.05, 0.1) is 11.8 Å². The van der Waals surface area contributed by atoms with E-state index < -0.39 is 0 Å². The summed E-state index contributed by atoms with van der Waals surface area (Å²) in [6, 6.07) is 14.0. The van der Waals surface area contributed by atoms with Gasteiger partial charge in [0.2, 0.25) is 5.91 Å². The molecule has 160 valence electrons. The Morgan fingerprint density at radius 1 is 1.06 bits per heavy atom. The third kappa shape index (κ3) is 3.85. The highest BCUT2D eigenvalue weighted by Gasteiger charge is 2.29. The number of aryl methyl sites for hydroxylation is 1. The van der Waals surface area contributed by atoms with Crippen LogP contribution in [0.2, 0.25) is 0 Å². The first kappa shape index (κ1) is 19.9. The molecule has 2 amide bonds. The fraction of sp³-hybridized carbons (Fsp3) is 0.200. The number of carbonyl (C=O) groups is 2. The average molecular weight is 425 g/mol. The minimum Gasteiger partial charge on any atom is -0.311 e. The van der Waals surface area contributed by atoms with Gasteiger partial charge < -0.3 is 10.2 Å². The number of fused-ring (bicyclic) bond motifs is 1. The fourth-order valence-electron chi connectivity index (χ4n) is 3.76. The molecule has 5 rings (SSSR count). The molecule has 0 radical (unpaired) electrons. The zero-order valence-electron chi connectivity index (χ0n) is 17.9. The normalized spacial score (nSPS) is 13.2. The number of carbonyl (C=O) groups excluding carboxylic acids is 2. The molecule has 0 aliphatic heterocycles. The van der Waals surface area contributed by atoms with Crippen molar-refractivity contribution in [1.82, 2.24) is 15.2 Å². The molecule has 2 N–H and O–H groups in total. The van der Waals surface area contributed by atoms with Crippen LogP contribution in [0.25, 0.3) is 21.9 Å². The second-order valence-electron chi connectivity index (χ2n) is 8.25. The predicted molar refractivity (Wildman–Crippen MR) is 125 cm³/mol. The molecule has 2 heterocycles. The molecule has 0 saturated heterocycles. The number of benzene rings is 2. The summed E-state index contributed by atoms with van der Waals surface area (Å²) in [4.78, 5) is 30.7. The van der Waals surface area contributed by atoms with Crippen molar-refractivity contribution >= 4 is 34.1 Å². The van der Waals surface area contributed by atoms with E-state index in [1.165, 1.54) is 6.20 Å². The van der Waals surface area contributed by atoms with E-state index in [0.29, 0.717) is 11.4 Å². The molecule has 32 heavy (non-hydrogen) atoms. The highest BCUT2D eigenvalue weighted by molar-refractivity contribution is 6.05. The lowest BCUT2D eigenvalue weighted by Gasteiger charge is -2.19. The van der Waals surface area contributed by atoms with Gasteiger partial charge in [-0.2, -0.15) is 5.10 Å². The molecular weight excluding hydrogens is 402 g/mol. The number of amides is 2. The standard InChI is InChI=1S/C25H23N5O2/c1-15-3-8-21(30(2)25(32)20-13-27-28-14-20)11-22(15)18-7-6-17-10-23(26-12-19(17)9-18)29-24(31)16-4-5-16/h3,6-14,16H,4-5H2,1-2H3,(H,27,28)(H,26,29,31). The van der Waals surface area contributed by atoms with Gasteiger partial charge >= 0.3 is 0 Å². The van der Waals surface area contributed by atoms with Gasteiger partial charge in [0.15, 0.2) is 0 Å². The lowest BCUT2D eigenvalue weighted by Crippen LogP contribution is -2.25. The summed E-state index contributed by atoms with van der Waals surface area (Å²) in [6.45, 7) is 2.05. The van der Waals surface area contributed by atoms with Crippen LogP contribution in [0.1, 0.15) is 28.8 Å². The lowest BCUT2D eigenvalue weighted by atomic mass is 9.97. The van der Waals surface area contributed by atoms with E-state index in [9.17, 15) is 9.59 Å². The molecule has 1 aliphatic carbocycles. The first-order chi connectivity index (χ1) is 15.5. The van der Waals surface area contributed by atoms with Crippen LogP contribution in [0.5, 0.6) is 0 Å². The van der Waals surface area contributed by atoms with E-state index in [1.54, 1.807) is 24.3 Å². The Morgan fingerprint density at radius 3 is 2.66 bits per heavy atom. The number of aromatic nitrogens is 3. The van der Waals surface area contributed by atoms with Crippen molar-refractivity contribution in [3.05, 3.63) is 72.2 Å². The third-order valence-electron chi connectivity index (χ3n) is 5.89. The van der Waals surface area contributed by atoms with Crippen molar-refractivity contribution in [2.75, 3.05) is 17.3 Å². The average Bonchev–Trinajstić information content (AvgIpc) is 3.52. The number of pyridine rings is 1. The highest BCUT2D eigenvalue weighted by Crippen LogP contribution is 2.32. The molecule has 1 aliphatic rings. The second kappa shape index (κ2) is 7.92. The minimum atomic E-state index is -0.128. The van der Waals surface area contributed by atoms with Gasteiger partial charge in [-0.05, 0) is 66.1 Å². The van der Waals surface area contributed by atoms with Crippen LogP contribution >= 0.6 is 0 Å². The van der Waals surface area contributed by atoms with Crippen molar-refractivity contribution in [1.29, 1.82) is 0 Å². The Balaban J connectivity index is 1.44. The van der Waals surface area contributed by atoms with E-state index in [1.807, 2.05) is 30.3 Å². The summed E-state index contributed by atoms with van der Waals surface area (Å²) in [6.07, 6.45) is 6.82. The van der Waals surface area contributed by atoms with Crippen LogP contribution in [0, 0.1) is 12.8 Å². The Bertz CT molecular complexity index is 1330. The summed E-state index contributed by atoms with van der Waals surface area (Å²) in [5.41, 5.74) is 4.50. The number of H-pyrrole nitrogens is 1. The summed E-state index contributed by atoms with van der Waals surface area (Å²) < 4.78 is 0. The van der Waals surface area contributed by atoms with Crippen molar-refractivity contribution in [3.8, 4) is 11.1 Å². The first-order valence-corrected chi connectivity index (χ1v) is 10.6. The number of nitrogens with zero attached hydrogens (tertiary/aromatic N) is 3. The van der Waals surface area contributed by atoms with Crippen molar-refractivity contribution < 1.29 is 9.59 Å². The molecule has 7 nitrogen and oxygen atoms in total. The van der Waals surface area contributed by atoms with Crippen LogP contribution in [-0.4, -0.2) is 34.0 Å². The molecule has 0 bridgehead atoms. The van der Waals surface area contributed by atoms with Gasteiger partial charge in [0.1, 0.15) is 5.82 Å². The lowest BCUT2D eigenvalue weighted by molar-refractivity contribution is -0.117. The molecule has 2 aromatic carbocycles. The maximum Gasteiger partial charge on any atom is 0.261 e. The quantitative estimate of drug-likeness (QED) is 0.490. The molecule has 0 unspecified atom stereocenters. The van der Waals surface area contributed by atoms with E-state index in [-0.39, 0.29) is 17.7 Å². The summed E-state index contributed by atoms with van der Waals surface area (Å²) in [7, 11) is 1.76. The topological polar surface area (TPSA) is 91.0 Å². The van der Waals surface area contributed by atoms with Gasteiger partial charge in [-0.25, -0.2) is 4.98 Å². The summed E-state index contributed by atoms with van der Waals surface area (Å²) >= 11 is 0. The van der Waals surface area contributed by atoms with E-state index in [0.717, 1.165) is 46.0 Å². The number of anilines is 2. The van der Waals surface area contributed by atoms with Crippen molar-refractivity contribution in [3.63, 3.8) is 0 Å². The van der Waals surface area contributed by atoms with Gasteiger partial charge in [-0.15, -0.1) is 0 Å². The van der Waals surface area contributed by atoms with E-state index in [2.05, 4.69) is 39.6 Å². The largest absolute Gasteiger partial charge is 0.311 e. The number of hydrogen-bond donors (Lipinski definition) is 2. The molecule has 0 spiro atoms. The van der Waals surface area contributed by atoms with Gasteiger partial charge in [0.25, 0.3) is 5.91 Å². The summed E-state index contributed by atoms with van der Waals surface area (Å²) in [5.74, 6) is 0.649. The Kier molecular flexibility index (Phi) is 4.93. The molecule has 1 fully saturated rings. The first-order valence-electron chi connectivity index (χ1n) is 10.6. The maximum absolute atomic E-state index is 12.7. The predicted octanol–water partition coefficient (Wildman–Crippen LogP) is 4.56. The Labute approximate surface area is 185 Å². The maximum atomic E-state index is 12.7. The Hall–Kier alpha value is -4.00. The molecule has 2 aromatic heterocycles. The van der Waals surface area contributed by atoms with Gasteiger partial charge in [-0.3, -0.25) is 14.7 Å². The molecule has 1 saturated carbocycles. The van der Waals surface area contributed by atoms with Gasteiger partial charge in [0, 0.05) is 36.4 Å². The second-order valence-corrected chi connectivity index (χ2v) is 8.25. The van der Waals surface area contributed by atoms with Crippen molar-refractivity contribution in [2.45, 2.75) is 19.8 Å². The Morgan fingerprint density at radius 2 is 1.91 bits per heavy atom. The monoisotopic (exact) mass is 425 g/mol. The molecule has 7 heteroatoms. The number of rotatable bonds is 5. The third-order valence-corrected chi connectivity index (χ3v) is 5.89. The van der Waals surface area contributed by atoms with Gasteiger partial charge in [-0.1, -0.05) is 18.2 Å². The minimum absolute atomic E-state index is 0.0509. The van der Waals surface area contributed by atoms with E-state index >= 15 is 0 Å². The molecular formula is C25H23N5O2. The van der Waals surface area contributed by atoms with Crippen LogP contribution in [0.15, 0.2) is 61.1 Å². The SMILES string of the molecule is Cc1ccc(N(C)C(=O)c2cn[nH]c2)cc1-c1ccc2cc(NC(=O)C3CC3)ncc2c1. The molecule has 4 aromatic rings. The van der Waals surface area contributed by atoms with Crippen LogP contribution in [0.4, 0.5) is 11.5 Å². The van der Waals surface area contributed by atoms with Crippen LogP contribution < -0.4 is 10.2 Å². The fourth-order valence-corrected chi connectivity index (χ4v) is 3.76. The molecule has 0 atom stereocenters. The number of aromatic amines is 1. The van der Waals surface area contributed by atoms with Crippen molar-refractivity contribution in [2.24, 2.45) is 5.92 Å². The number of nitrogens with one attached hydrogen (secondary N) is 2.